The molecule has 8 heteroatoms. The van der Waals surface area contributed by atoms with Gasteiger partial charge in [0.05, 0.1) is 42.9 Å². The van der Waals surface area contributed by atoms with Crippen molar-refractivity contribution in [3.05, 3.63) is 77.7 Å². The van der Waals surface area contributed by atoms with Gasteiger partial charge in [-0.05, 0) is 55.0 Å². The zero-order chi connectivity index (χ0) is 20.9. The van der Waals surface area contributed by atoms with E-state index in [1.54, 1.807) is 24.1 Å². The average Bonchev–Trinajstić information content (AvgIpc) is 3.27. The Labute approximate surface area is 173 Å². The van der Waals surface area contributed by atoms with E-state index in [2.05, 4.69) is 31.7 Å². The summed E-state index contributed by atoms with van der Waals surface area (Å²) in [6, 6.07) is 17.1. The molecule has 0 fully saturated rings. The predicted octanol–water partition coefficient (Wildman–Crippen LogP) is 3.53. The molecule has 0 aliphatic rings. The monoisotopic (exact) mass is 397 g/mol. The minimum absolute atomic E-state index is 0.436. The highest BCUT2D eigenvalue weighted by molar-refractivity contribution is 5.65. The van der Waals surface area contributed by atoms with Gasteiger partial charge in [-0.25, -0.2) is 14.6 Å². The Morgan fingerprint density at radius 3 is 2.70 bits per heavy atom. The highest BCUT2D eigenvalue weighted by atomic mass is 16.5. The Morgan fingerprint density at radius 2 is 1.97 bits per heavy atom. The first kappa shape index (κ1) is 19.1. The van der Waals surface area contributed by atoms with Gasteiger partial charge >= 0.3 is 0 Å². The maximum atomic E-state index is 9.04. The molecule has 30 heavy (non-hydrogen) atoms. The van der Waals surface area contributed by atoms with Crippen LogP contribution in [0.25, 0.3) is 16.9 Å². The molecule has 0 saturated carbocycles. The maximum absolute atomic E-state index is 9.04. The molecule has 0 radical (unpaired) electrons. The molecule has 0 atom stereocenters. The summed E-state index contributed by atoms with van der Waals surface area (Å²) in [6.07, 6.45) is 3.56. The number of benzene rings is 2. The van der Waals surface area contributed by atoms with Gasteiger partial charge in [0, 0.05) is 11.8 Å². The summed E-state index contributed by atoms with van der Waals surface area (Å²) in [4.78, 5) is 8.87. The largest absolute Gasteiger partial charge is 0.497 e. The first-order valence-corrected chi connectivity index (χ1v) is 9.30. The first-order chi connectivity index (χ1) is 14.7. The molecule has 8 nitrogen and oxygen atoms in total. The second-order valence-electron chi connectivity index (χ2n) is 6.61. The van der Waals surface area contributed by atoms with Gasteiger partial charge in [-0.15, -0.1) is 5.10 Å². The van der Waals surface area contributed by atoms with Crippen molar-refractivity contribution < 1.29 is 4.74 Å². The fourth-order valence-corrected chi connectivity index (χ4v) is 3.02. The van der Waals surface area contributed by atoms with Crippen LogP contribution >= 0.6 is 0 Å². The van der Waals surface area contributed by atoms with Crippen molar-refractivity contribution in [1.29, 1.82) is 5.26 Å². The number of nitriles is 1. The molecule has 4 aromatic rings. The Bertz CT molecular complexity index is 1210. The summed E-state index contributed by atoms with van der Waals surface area (Å²) >= 11 is 0. The number of hydrogen-bond acceptors (Lipinski definition) is 7. The van der Waals surface area contributed by atoms with Crippen molar-refractivity contribution in [3.63, 3.8) is 0 Å². The minimum Gasteiger partial charge on any atom is -0.497 e. The van der Waals surface area contributed by atoms with Gasteiger partial charge in [-0.2, -0.15) is 5.26 Å². The van der Waals surface area contributed by atoms with E-state index in [0.717, 1.165) is 34.0 Å². The van der Waals surface area contributed by atoms with E-state index in [4.69, 9.17) is 10.00 Å². The van der Waals surface area contributed by atoms with E-state index >= 15 is 0 Å². The molecule has 2 aromatic carbocycles. The van der Waals surface area contributed by atoms with Gasteiger partial charge in [-0.3, -0.25) is 0 Å². The normalized spacial score (nSPS) is 10.4. The molecule has 0 unspecified atom stereocenters. The Balaban J connectivity index is 1.46. The molecule has 2 heterocycles. The number of rotatable bonds is 6. The summed E-state index contributed by atoms with van der Waals surface area (Å²) in [5.74, 6) is 1.28. The second-order valence-corrected chi connectivity index (χ2v) is 6.61. The molecule has 0 aliphatic carbocycles. The van der Waals surface area contributed by atoms with Crippen molar-refractivity contribution in [2.45, 2.75) is 13.5 Å². The lowest BCUT2D eigenvalue weighted by atomic mass is 10.0. The Morgan fingerprint density at radius 1 is 1.13 bits per heavy atom. The van der Waals surface area contributed by atoms with E-state index < -0.39 is 0 Å². The highest BCUT2D eigenvalue weighted by Gasteiger charge is 2.08. The van der Waals surface area contributed by atoms with E-state index in [0.29, 0.717) is 18.1 Å². The van der Waals surface area contributed by atoms with Crippen molar-refractivity contribution in [2.24, 2.45) is 0 Å². The number of nitrogens with zero attached hydrogens (tertiary/aromatic N) is 6. The van der Waals surface area contributed by atoms with Crippen molar-refractivity contribution in [3.8, 4) is 28.8 Å². The van der Waals surface area contributed by atoms with Crippen molar-refractivity contribution >= 4 is 5.95 Å². The van der Waals surface area contributed by atoms with E-state index in [1.807, 2.05) is 55.6 Å². The number of ether oxygens (including phenoxy) is 1. The van der Waals surface area contributed by atoms with Crippen LogP contribution in [-0.4, -0.2) is 32.1 Å². The van der Waals surface area contributed by atoms with Crippen LogP contribution in [-0.2, 0) is 6.54 Å². The molecular formula is C22H19N7O. The van der Waals surface area contributed by atoms with Crippen LogP contribution in [0.3, 0.4) is 0 Å². The fraction of sp³-hybridized carbons (Fsp3) is 0.136. The smallest absolute Gasteiger partial charge is 0.223 e. The number of nitrogens with one attached hydrogen (secondary N) is 1. The minimum atomic E-state index is 0.436. The lowest BCUT2D eigenvalue weighted by Gasteiger charge is -2.08. The fourth-order valence-electron chi connectivity index (χ4n) is 3.02. The van der Waals surface area contributed by atoms with Crippen LogP contribution in [0.1, 0.15) is 16.8 Å². The van der Waals surface area contributed by atoms with Crippen LogP contribution in [0, 0.1) is 18.3 Å². The molecule has 0 spiro atoms. The van der Waals surface area contributed by atoms with E-state index in [9.17, 15) is 0 Å². The van der Waals surface area contributed by atoms with Crippen molar-refractivity contribution in [2.75, 3.05) is 12.4 Å². The molecule has 0 amide bonds. The topological polar surface area (TPSA) is 102 Å². The van der Waals surface area contributed by atoms with Crippen LogP contribution in [0.5, 0.6) is 5.75 Å². The molecule has 0 saturated heterocycles. The summed E-state index contributed by atoms with van der Waals surface area (Å²) in [5, 5.41) is 20.6. The summed E-state index contributed by atoms with van der Waals surface area (Å²) in [6.45, 7) is 2.40. The second kappa shape index (κ2) is 8.41. The third kappa shape index (κ3) is 4.10. The van der Waals surface area contributed by atoms with Gasteiger partial charge < -0.3 is 10.1 Å². The number of methoxy groups -OCH3 is 1. The molecule has 0 aliphatic heterocycles. The SMILES string of the molecule is COc1ccc(-n2cc(CNc3nccc(-c4ccc(C#N)cc4C)n3)nn2)cc1. The van der Waals surface area contributed by atoms with Gasteiger partial charge in [0.15, 0.2) is 0 Å². The van der Waals surface area contributed by atoms with Crippen molar-refractivity contribution in [1.82, 2.24) is 25.0 Å². The van der Waals surface area contributed by atoms with E-state index in [1.165, 1.54) is 0 Å². The molecule has 2 aromatic heterocycles. The zero-order valence-electron chi connectivity index (χ0n) is 16.6. The average molecular weight is 397 g/mol. The third-order valence-corrected chi connectivity index (χ3v) is 4.59. The lowest BCUT2D eigenvalue weighted by Crippen LogP contribution is -2.04. The Hall–Kier alpha value is -4.25. The molecule has 0 bridgehead atoms. The van der Waals surface area contributed by atoms with Crippen LogP contribution < -0.4 is 10.1 Å². The summed E-state index contributed by atoms with van der Waals surface area (Å²) in [7, 11) is 1.63. The number of aryl methyl sites for hydroxylation is 1. The van der Waals surface area contributed by atoms with Gasteiger partial charge in [-0.1, -0.05) is 11.3 Å². The van der Waals surface area contributed by atoms with Crippen LogP contribution in [0.4, 0.5) is 5.95 Å². The lowest BCUT2D eigenvalue weighted by molar-refractivity contribution is 0.414. The molecule has 4 rings (SSSR count). The van der Waals surface area contributed by atoms with Crippen LogP contribution in [0.15, 0.2) is 60.9 Å². The molecule has 148 valence electrons. The van der Waals surface area contributed by atoms with E-state index in [-0.39, 0.29) is 0 Å². The zero-order valence-corrected chi connectivity index (χ0v) is 16.6. The summed E-state index contributed by atoms with van der Waals surface area (Å²) < 4.78 is 6.88. The standard InChI is InChI=1S/C22H19N7O/c1-15-11-16(12-23)3-8-20(15)21-9-10-24-22(26-21)25-13-17-14-29(28-27-17)18-4-6-19(30-2)7-5-18/h3-11,14H,13H2,1-2H3,(H,24,25,26). The highest BCUT2D eigenvalue weighted by Crippen LogP contribution is 2.23. The molecular weight excluding hydrogens is 378 g/mol. The first-order valence-electron chi connectivity index (χ1n) is 9.30. The quantitative estimate of drug-likeness (QED) is 0.531. The molecule has 1 N–H and O–H groups in total. The van der Waals surface area contributed by atoms with Crippen LogP contribution in [0.2, 0.25) is 0 Å². The maximum Gasteiger partial charge on any atom is 0.223 e. The number of hydrogen-bond donors (Lipinski definition) is 1. The van der Waals surface area contributed by atoms with Gasteiger partial charge in [0.1, 0.15) is 11.4 Å². The number of aromatic nitrogens is 5. The van der Waals surface area contributed by atoms with Gasteiger partial charge in [0.2, 0.25) is 5.95 Å². The predicted molar refractivity (Wildman–Crippen MR) is 112 cm³/mol. The summed E-state index contributed by atoms with van der Waals surface area (Å²) in [5.41, 5.74) is 5.02. The third-order valence-electron chi connectivity index (χ3n) is 4.59. The number of anilines is 1. The van der Waals surface area contributed by atoms with Gasteiger partial charge in [0.25, 0.3) is 0 Å². The Kier molecular flexibility index (Phi) is 5.35.